The molecule has 10 atom stereocenters. The van der Waals surface area contributed by atoms with Gasteiger partial charge in [0.05, 0.1) is 36.6 Å². The van der Waals surface area contributed by atoms with Crippen LogP contribution in [0.15, 0.2) is 0 Å². The molecule has 0 bridgehead atoms. The van der Waals surface area contributed by atoms with Crippen LogP contribution in [0.2, 0.25) is 0 Å². The van der Waals surface area contributed by atoms with Crippen LogP contribution in [0.25, 0.3) is 0 Å². The average Bonchev–Trinajstić information content (AvgIpc) is 2.62. The van der Waals surface area contributed by atoms with Gasteiger partial charge in [0.1, 0.15) is 12.0 Å². The Balaban J connectivity index is 2.25. The fourth-order valence-electron chi connectivity index (χ4n) is 4.02. The van der Waals surface area contributed by atoms with Crippen molar-refractivity contribution in [3.05, 3.63) is 0 Å². The first-order valence-corrected chi connectivity index (χ1v) is 10.4. The molecule has 2 saturated heterocycles. The van der Waals surface area contributed by atoms with Gasteiger partial charge < -0.3 is 45.5 Å². The van der Waals surface area contributed by atoms with E-state index in [1.54, 1.807) is 13.8 Å². The van der Waals surface area contributed by atoms with E-state index in [0.717, 1.165) is 0 Å². The average molecular weight is 436 g/mol. The molecule has 0 amide bonds. The van der Waals surface area contributed by atoms with Gasteiger partial charge >= 0.3 is 5.97 Å². The quantitative estimate of drug-likeness (QED) is 0.321. The van der Waals surface area contributed by atoms with Gasteiger partial charge in [-0.2, -0.15) is 0 Å². The highest BCUT2D eigenvalue weighted by Gasteiger charge is 2.50. The molecule has 2 aliphatic heterocycles. The maximum absolute atomic E-state index is 11.8. The standard InChI is InChI=1S/C20H37NO9/c1-6-20(27)8-10(22)13(17(25)26)11(30-20)7-12(19(3,4)5)29-18-16(24)14(21)15(23)9(2)28-18/h9-16,18,22-24,27H,6-8,21H2,1-5H3,(H,25,26)/t9?,10?,11?,12-,13-,14?,15?,16?,18?,20-/m1/s1. The number of ether oxygens (including phenoxy) is 3. The molecule has 0 aromatic heterocycles. The predicted molar refractivity (Wildman–Crippen MR) is 105 cm³/mol. The van der Waals surface area contributed by atoms with Gasteiger partial charge in [0.2, 0.25) is 0 Å². The van der Waals surface area contributed by atoms with Crippen molar-refractivity contribution in [2.24, 2.45) is 17.1 Å². The highest BCUT2D eigenvalue weighted by Crippen LogP contribution is 2.39. The van der Waals surface area contributed by atoms with Gasteiger partial charge in [-0.15, -0.1) is 0 Å². The number of aliphatic hydroxyl groups is 4. The van der Waals surface area contributed by atoms with Gasteiger partial charge in [-0.05, 0) is 18.8 Å². The maximum atomic E-state index is 11.8. The molecule has 2 aliphatic rings. The molecule has 0 spiro atoms. The van der Waals surface area contributed by atoms with E-state index in [1.165, 1.54) is 0 Å². The summed E-state index contributed by atoms with van der Waals surface area (Å²) in [7, 11) is 0. The second-order valence-electron chi connectivity index (χ2n) is 9.59. The summed E-state index contributed by atoms with van der Waals surface area (Å²) in [6, 6.07) is -0.968. The van der Waals surface area contributed by atoms with Crippen LogP contribution in [0.5, 0.6) is 0 Å². The van der Waals surface area contributed by atoms with Crippen molar-refractivity contribution in [1.29, 1.82) is 0 Å². The van der Waals surface area contributed by atoms with Crippen molar-refractivity contribution < 1.29 is 44.5 Å². The summed E-state index contributed by atoms with van der Waals surface area (Å²) >= 11 is 0. The van der Waals surface area contributed by atoms with Crippen LogP contribution < -0.4 is 5.73 Å². The Hall–Kier alpha value is -0.850. The van der Waals surface area contributed by atoms with Gasteiger partial charge in [-0.25, -0.2) is 0 Å². The molecule has 7 unspecified atom stereocenters. The first kappa shape index (κ1) is 25.4. The molecule has 10 nitrogen and oxygen atoms in total. The molecule has 0 aromatic carbocycles. The summed E-state index contributed by atoms with van der Waals surface area (Å²) in [5.74, 6) is -4.11. The summed E-state index contributed by atoms with van der Waals surface area (Å²) in [6.07, 6.45) is -7.13. The van der Waals surface area contributed by atoms with E-state index in [4.69, 9.17) is 19.9 Å². The molecule has 30 heavy (non-hydrogen) atoms. The molecule has 2 rings (SSSR count). The lowest BCUT2D eigenvalue weighted by molar-refractivity contribution is -0.312. The number of hydrogen-bond acceptors (Lipinski definition) is 9. The highest BCUT2D eigenvalue weighted by molar-refractivity contribution is 5.71. The molecule has 0 saturated carbocycles. The molecule has 7 N–H and O–H groups in total. The summed E-state index contributed by atoms with van der Waals surface area (Å²) in [5, 5.41) is 51.0. The lowest BCUT2D eigenvalue weighted by Crippen LogP contribution is -2.62. The third-order valence-corrected chi connectivity index (χ3v) is 6.16. The van der Waals surface area contributed by atoms with Crippen molar-refractivity contribution in [3.63, 3.8) is 0 Å². The second kappa shape index (κ2) is 9.33. The van der Waals surface area contributed by atoms with Gasteiger partial charge in [0.25, 0.3) is 0 Å². The van der Waals surface area contributed by atoms with Crippen LogP contribution in [0.3, 0.4) is 0 Å². The Morgan fingerprint density at radius 3 is 2.37 bits per heavy atom. The van der Waals surface area contributed by atoms with E-state index in [9.17, 15) is 30.3 Å². The molecule has 2 fully saturated rings. The number of carboxylic acid groups (broad SMARTS) is 1. The predicted octanol–water partition coefficient (Wildman–Crippen LogP) is -0.449. The van der Waals surface area contributed by atoms with E-state index in [-0.39, 0.29) is 19.3 Å². The topological polar surface area (TPSA) is 172 Å². The Morgan fingerprint density at radius 2 is 1.87 bits per heavy atom. The van der Waals surface area contributed by atoms with E-state index in [0.29, 0.717) is 0 Å². The minimum Gasteiger partial charge on any atom is -0.481 e. The molecule has 0 aliphatic carbocycles. The highest BCUT2D eigenvalue weighted by atomic mass is 16.7. The maximum Gasteiger partial charge on any atom is 0.311 e. The van der Waals surface area contributed by atoms with Gasteiger partial charge in [0.15, 0.2) is 12.1 Å². The van der Waals surface area contributed by atoms with Crippen molar-refractivity contribution >= 4 is 5.97 Å². The van der Waals surface area contributed by atoms with E-state index in [1.807, 2.05) is 20.8 Å². The fourth-order valence-corrected chi connectivity index (χ4v) is 4.02. The van der Waals surface area contributed by atoms with Crippen molar-refractivity contribution in [3.8, 4) is 0 Å². The van der Waals surface area contributed by atoms with Crippen molar-refractivity contribution in [2.45, 2.75) is 109 Å². The van der Waals surface area contributed by atoms with Gasteiger partial charge in [0, 0.05) is 12.8 Å². The Morgan fingerprint density at radius 1 is 1.27 bits per heavy atom. The number of aliphatic carboxylic acids is 1. The monoisotopic (exact) mass is 435 g/mol. The third kappa shape index (κ3) is 5.49. The summed E-state index contributed by atoms with van der Waals surface area (Å²) in [5.41, 5.74) is 5.34. The van der Waals surface area contributed by atoms with Crippen LogP contribution in [0, 0.1) is 11.3 Å². The zero-order chi connectivity index (χ0) is 23.0. The van der Waals surface area contributed by atoms with Crippen molar-refractivity contribution in [1.82, 2.24) is 0 Å². The number of aliphatic hydroxyl groups excluding tert-OH is 3. The molecular weight excluding hydrogens is 398 g/mol. The lowest BCUT2D eigenvalue weighted by atomic mass is 9.79. The molecule has 0 aromatic rings. The first-order chi connectivity index (χ1) is 13.7. The Bertz CT molecular complexity index is 597. The number of rotatable bonds is 6. The summed E-state index contributed by atoms with van der Waals surface area (Å²) in [4.78, 5) is 11.8. The van der Waals surface area contributed by atoms with Crippen LogP contribution in [-0.4, -0.2) is 86.2 Å². The zero-order valence-electron chi connectivity index (χ0n) is 18.3. The van der Waals surface area contributed by atoms with Gasteiger partial charge in [-0.1, -0.05) is 27.7 Å². The smallest absolute Gasteiger partial charge is 0.311 e. The molecule has 10 heteroatoms. The second-order valence-corrected chi connectivity index (χ2v) is 9.59. The lowest BCUT2D eigenvalue weighted by Gasteiger charge is -2.46. The Kier molecular flexibility index (Phi) is 7.91. The Labute approximate surface area is 176 Å². The third-order valence-electron chi connectivity index (χ3n) is 6.16. The summed E-state index contributed by atoms with van der Waals surface area (Å²) < 4.78 is 17.4. The molecule has 0 radical (unpaired) electrons. The minimum absolute atomic E-state index is 0.0264. The van der Waals surface area contributed by atoms with Crippen LogP contribution in [-0.2, 0) is 19.0 Å². The molecular formula is C20H37NO9. The SMILES string of the molecule is CC[C@]1(O)CC(O)[C@@H](C(=O)O)C(C[C@@H](OC2OC(C)C(O)C(N)C2O)C(C)(C)C)O1. The van der Waals surface area contributed by atoms with Crippen LogP contribution >= 0.6 is 0 Å². The summed E-state index contributed by atoms with van der Waals surface area (Å²) in [6.45, 7) is 8.90. The number of nitrogens with two attached hydrogens (primary N) is 1. The van der Waals surface area contributed by atoms with Crippen LogP contribution in [0.4, 0.5) is 0 Å². The van der Waals surface area contributed by atoms with E-state index in [2.05, 4.69) is 0 Å². The number of carboxylic acids is 1. The zero-order valence-corrected chi connectivity index (χ0v) is 18.3. The molecule has 2 heterocycles. The number of hydrogen-bond donors (Lipinski definition) is 6. The number of carbonyl (C=O) groups is 1. The van der Waals surface area contributed by atoms with E-state index < -0.39 is 72.0 Å². The largest absolute Gasteiger partial charge is 0.481 e. The van der Waals surface area contributed by atoms with Gasteiger partial charge in [-0.3, -0.25) is 4.79 Å². The fraction of sp³-hybridized carbons (Fsp3) is 0.950. The first-order valence-electron chi connectivity index (χ1n) is 10.4. The van der Waals surface area contributed by atoms with Crippen LogP contribution in [0.1, 0.15) is 53.9 Å². The van der Waals surface area contributed by atoms with E-state index >= 15 is 0 Å². The normalized spacial score (nSPS) is 43.9. The minimum atomic E-state index is -1.64. The van der Waals surface area contributed by atoms with Crippen molar-refractivity contribution in [2.75, 3.05) is 0 Å². The molecule has 176 valence electrons.